The summed E-state index contributed by atoms with van der Waals surface area (Å²) in [6.07, 6.45) is 1.62. The van der Waals surface area contributed by atoms with Crippen LogP contribution in [-0.4, -0.2) is 44.5 Å². The van der Waals surface area contributed by atoms with Gasteiger partial charge in [0, 0.05) is 0 Å². The van der Waals surface area contributed by atoms with Crippen LogP contribution in [0.5, 0.6) is 0 Å². The molecule has 0 heterocycles. The molecule has 4 nitrogen and oxygen atoms in total. The van der Waals surface area contributed by atoms with Gasteiger partial charge in [0.2, 0.25) is 14.6 Å². The van der Waals surface area contributed by atoms with Crippen LogP contribution in [0.3, 0.4) is 0 Å². The molecule has 0 saturated heterocycles. The fraction of sp³-hybridized carbons (Fsp3) is 0.909. The van der Waals surface area contributed by atoms with Crippen molar-refractivity contribution in [2.45, 2.75) is 63.8 Å². The van der Waals surface area contributed by atoms with E-state index in [2.05, 4.69) is 0 Å². The predicted octanol–water partition coefficient (Wildman–Crippen LogP) is 1.58. The summed E-state index contributed by atoms with van der Waals surface area (Å²) in [4.78, 5) is 11.1. The zero-order chi connectivity index (χ0) is 13.9. The van der Waals surface area contributed by atoms with Gasteiger partial charge in [-0.15, -0.1) is 0 Å². The number of carbonyl (C=O) groups excluding carboxylic acids is 1. The van der Waals surface area contributed by atoms with Gasteiger partial charge in [0.05, 0.1) is 6.10 Å². The van der Waals surface area contributed by atoms with E-state index in [4.69, 9.17) is 4.12 Å². The molecular formula is C11H25O4Si2. The van der Waals surface area contributed by atoms with Gasteiger partial charge in [-0.3, -0.25) is 4.79 Å². The summed E-state index contributed by atoms with van der Waals surface area (Å²) in [7, 11) is -4.62. The molecule has 0 aliphatic rings. The summed E-state index contributed by atoms with van der Waals surface area (Å²) in [5.41, 5.74) is 0. The normalized spacial score (nSPS) is 18.6. The van der Waals surface area contributed by atoms with Crippen molar-refractivity contribution in [1.29, 1.82) is 0 Å². The first-order valence-corrected chi connectivity index (χ1v) is 12.3. The largest absolute Gasteiger partial charge is 0.454 e. The van der Waals surface area contributed by atoms with E-state index in [1.807, 2.05) is 26.6 Å². The summed E-state index contributed by atoms with van der Waals surface area (Å²) in [6, 6.07) is 0. The van der Waals surface area contributed by atoms with E-state index in [1.54, 1.807) is 19.4 Å². The van der Waals surface area contributed by atoms with Gasteiger partial charge >= 0.3 is 0 Å². The molecule has 0 spiro atoms. The zero-order valence-corrected chi connectivity index (χ0v) is 13.7. The Balaban J connectivity index is 5.13. The van der Waals surface area contributed by atoms with Crippen molar-refractivity contribution in [3.8, 4) is 0 Å². The molecule has 0 aliphatic heterocycles. The van der Waals surface area contributed by atoms with E-state index in [0.29, 0.717) is 12.8 Å². The average Bonchev–Trinajstić information content (AvgIpc) is 2.12. The molecule has 0 aromatic heterocycles. The Labute approximate surface area is 106 Å². The van der Waals surface area contributed by atoms with Crippen molar-refractivity contribution < 1.29 is 19.1 Å². The van der Waals surface area contributed by atoms with Crippen LogP contribution in [0.1, 0.15) is 19.8 Å². The summed E-state index contributed by atoms with van der Waals surface area (Å²) < 4.78 is 5.95. The standard InChI is InChI=1S/C11H25O4Si2/c1-7-8-10(13)11(14,9-12)17(5,6)15-16(2,3)4/h10,13-14H,7-8H2,1-6H3. The molecule has 17 heavy (non-hydrogen) atoms. The SMILES string of the molecule is CCCC(O)C(O)([C]=O)[Si](C)(C)O[Si](C)(C)C. The van der Waals surface area contributed by atoms with Crippen LogP contribution in [0.2, 0.25) is 32.7 Å². The Bertz CT molecular complexity index is 263. The highest BCUT2D eigenvalue weighted by Crippen LogP contribution is 2.29. The van der Waals surface area contributed by atoms with Crippen LogP contribution in [0.4, 0.5) is 0 Å². The second-order valence-electron chi connectivity index (χ2n) is 5.90. The lowest BCUT2D eigenvalue weighted by Crippen LogP contribution is -2.66. The smallest absolute Gasteiger partial charge is 0.234 e. The highest BCUT2D eigenvalue weighted by Gasteiger charge is 2.54. The Morgan fingerprint density at radius 1 is 1.29 bits per heavy atom. The van der Waals surface area contributed by atoms with Gasteiger partial charge in [-0.25, -0.2) is 0 Å². The van der Waals surface area contributed by atoms with Gasteiger partial charge in [-0.1, -0.05) is 13.3 Å². The third-order valence-electron chi connectivity index (χ3n) is 2.68. The fourth-order valence-electron chi connectivity index (χ4n) is 1.92. The maximum atomic E-state index is 11.1. The van der Waals surface area contributed by atoms with Crippen LogP contribution in [0.15, 0.2) is 0 Å². The summed E-state index contributed by atoms with van der Waals surface area (Å²) in [6.45, 7) is 11.4. The minimum absolute atomic E-state index is 0.372. The zero-order valence-electron chi connectivity index (χ0n) is 11.7. The first kappa shape index (κ1) is 17.0. The molecule has 0 aromatic carbocycles. The molecule has 0 bridgehead atoms. The number of aliphatic hydroxyl groups is 2. The molecule has 2 N–H and O–H groups in total. The summed E-state index contributed by atoms with van der Waals surface area (Å²) in [5, 5.41) is 18.5. The van der Waals surface area contributed by atoms with Crippen LogP contribution in [0.25, 0.3) is 0 Å². The molecule has 101 valence electrons. The first-order valence-electron chi connectivity index (χ1n) is 6.00. The molecule has 2 unspecified atom stereocenters. The third kappa shape index (κ3) is 4.29. The molecule has 1 radical (unpaired) electrons. The van der Waals surface area contributed by atoms with E-state index in [0.717, 1.165) is 0 Å². The lowest BCUT2D eigenvalue weighted by Gasteiger charge is -2.42. The molecule has 0 saturated carbocycles. The van der Waals surface area contributed by atoms with E-state index in [1.165, 1.54) is 0 Å². The van der Waals surface area contributed by atoms with Crippen molar-refractivity contribution >= 4 is 22.9 Å². The second kappa shape index (κ2) is 5.75. The minimum Gasteiger partial charge on any atom is -0.454 e. The monoisotopic (exact) mass is 277 g/mol. The first-order chi connectivity index (χ1) is 7.50. The molecule has 0 amide bonds. The van der Waals surface area contributed by atoms with Crippen molar-refractivity contribution in [2.24, 2.45) is 0 Å². The number of hydrogen-bond donors (Lipinski definition) is 2. The van der Waals surface area contributed by atoms with E-state index >= 15 is 0 Å². The van der Waals surface area contributed by atoms with Gasteiger partial charge in [0.1, 0.15) is 0 Å². The lowest BCUT2D eigenvalue weighted by molar-refractivity contribution is 0.00943. The summed E-state index contributed by atoms with van der Waals surface area (Å²) >= 11 is 0. The Morgan fingerprint density at radius 3 is 2.06 bits per heavy atom. The van der Waals surface area contributed by atoms with Crippen molar-refractivity contribution in [1.82, 2.24) is 0 Å². The predicted molar refractivity (Wildman–Crippen MR) is 73.5 cm³/mol. The quantitative estimate of drug-likeness (QED) is 0.694. The van der Waals surface area contributed by atoms with Crippen molar-refractivity contribution in [3.63, 3.8) is 0 Å². The molecule has 0 aromatic rings. The molecule has 2 atom stereocenters. The highest BCUT2D eigenvalue weighted by atomic mass is 28.4. The van der Waals surface area contributed by atoms with Crippen LogP contribution < -0.4 is 0 Å². The summed E-state index contributed by atoms with van der Waals surface area (Å²) in [5.74, 6) is 0. The molecule has 6 heteroatoms. The topological polar surface area (TPSA) is 66.8 Å². The van der Waals surface area contributed by atoms with Gasteiger partial charge in [-0.2, -0.15) is 0 Å². The minimum atomic E-state index is -2.75. The van der Waals surface area contributed by atoms with Crippen molar-refractivity contribution in [3.05, 3.63) is 0 Å². The number of rotatable bonds is 7. The van der Waals surface area contributed by atoms with E-state index in [-0.39, 0.29) is 0 Å². The van der Waals surface area contributed by atoms with Crippen LogP contribution in [0, 0.1) is 0 Å². The second-order valence-corrected chi connectivity index (χ2v) is 14.7. The highest BCUT2D eigenvalue weighted by molar-refractivity contribution is 6.87. The van der Waals surface area contributed by atoms with Gasteiger partial charge < -0.3 is 14.3 Å². The molecule has 0 aliphatic carbocycles. The number of aliphatic hydroxyl groups excluding tert-OH is 1. The average molecular weight is 277 g/mol. The third-order valence-corrected chi connectivity index (χ3v) is 9.44. The van der Waals surface area contributed by atoms with Gasteiger partial charge in [0.25, 0.3) is 0 Å². The van der Waals surface area contributed by atoms with Crippen LogP contribution >= 0.6 is 0 Å². The van der Waals surface area contributed by atoms with E-state index < -0.39 is 28.0 Å². The van der Waals surface area contributed by atoms with Gasteiger partial charge in [-0.05, 0) is 39.2 Å². The van der Waals surface area contributed by atoms with E-state index in [9.17, 15) is 15.0 Å². The Morgan fingerprint density at radius 2 is 1.76 bits per heavy atom. The maximum absolute atomic E-state index is 11.1. The molecule has 0 rings (SSSR count). The Kier molecular flexibility index (Phi) is 5.74. The van der Waals surface area contributed by atoms with Crippen molar-refractivity contribution in [2.75, 3.05) is 0 Å². The molecule has 0 fully saturated rings. The van der Waals surface area contributed by atoms with Crippen LogP contribution in [-0.2, 0) is 8.91 Å². The number of hydrogen-bond acceptors (Lipinski definition) is 4. The fourth-order valence-corrected chi connectivity index (χ4v) is 9.86. The van der Waals surface area contributed by atoms with Gasteiger partial charge in [0.15, 0.2) is 13.5 Å². The molecular weight excluding hydrogens is 252 g/mol. The lowest BCUT2D eigenvalue weighted by atomic mass is 10.1. The maximum Gasteiger partial charge on any atom is 0.234 e. The Hall–Kier alpha value is -0.0162.